The second-order valence-electron chi connectivity index (χ2n) is 2.90. The Hall–Kier alpha value is -1.31. The summed E-state index contributed by atoms with van der Waals surface area (Å²) in [7, 11) is 0. The minimum atomic E-state index is 0.846. The molecule has 1 N–H and O–H groups in total. The lowest BCUT2D eigenvalue weighted by atomic mass is 10.1. The maximum atomic E-state index is 4.31. The molecule has 1 heterocycles. The average molecular weight is 190 g/mol. The van der Waals surface area contributed by atoms with Gasteiger partial charge in [-0.25, -0.2) is 0 Å². The van der Waals surface area contributed by atoms with Gasteiger partial charge in [-0.3, -0.25) is 4.99 Å². The van der Waals surface area contributed by atoms with E-state index in [2.05, 4.69) is 35.4 Å². The lowest BCUT2D eigenvalue weighted by Crippen LogP contribution is -2.06. The summed E-state index contributed by atoms with van der Waals surface area (Å²) in [6.45, 7) is 7.00. The summed E-state index contributed by atoms with van der Waals surface area (Å²) in [5, 5.41) is 3.26. The van der Waals surface area contributed by atoms with Crippen LogP contribution < -0.4 is 5.32 Å². The van der Waals surface area contributed by atoms with Crippen molar-refractivity contribution in [2.45, 2.75) is 27.2 Å². The van der Waals surface area contributed by atoms with Gasteiger partial charge in [-0.15, -0.1) is 0 Å². The van der Waals surface area contributed by atoms with Crippen molar-refractivity contribution in [3.63, 3.8) is 0 Å². The van der Waals surface area contributed by atoms with Gasteiger partial charge in [-0.1, -0.05) is 26.8 Å². The van der Waals surface area contributed by atoms with E-state index in [1.807, 2.05) is 20.1 Å². The van der Waals surface area contributed by atoms with Gasteiger partial charge in [0.15, 0.2) is 0 Å². The largest absolute Gasteiger partial charge is 0.378 e. The van der Waals surface area contributed by atoms with Crippen LogP contribution in [0.15, 0.2) is 23.2 Å². The molecule has 0 radical (unpaired) electrons. The van der Waals surface area contributed by atoms with Gasteiger partial charge >= 0.3 is 0 Å². The molecule has 0 atom stereocenters. The first-order valence-electron chi connectivity index (χ1n) is 5.29. The third-order valence-corrected chi connectivity index (χ3v) is 2.08. The number of hydrogen-bond donors (Lipinski definition) is 1. The SMILES string of the molecule is CC.CCc1ccc2c(c1)N=CCN2. The van der Waals surface area contributed by atoms with Crippen LogP contribution in [0.5, 0.6) is 0 Å². The normalized spacial score (nSPS) is 12.2. The number of fused-ring (bicyclic) bond motifs is 1. The van der Waals surface area contributed by atoms with E-state index in [4.69, 9.17) is 0 Å². The predicted molar refractivity (Wildman–Crippen MR) is 63.8 cm³/mol. The highest BCUT2D eigenvalue weighted by Crippen LogP contribution is 2.27. The summed E-state index contributed by atoms with van der Waals surface area (Å²) in [6.07, 6.45) is 2.98. The Morgan fingerprint density at radius 3 is 2.86 bits per heavy atom. The molecule has 0 saturated heterocycles. The first-order valence-corrected chi connectivity index (χ1v) is 5.29. The molecule has 1 aromatic rings. The number of anilines is 1. The molecular formula is C12H18N2. The Morgan fingerprint density at radius 1 is 1.36 bits per heavy atom. The molecule has 1 aromatic carbocycles. The number of hydrogen-bond acceptors (Lipinski definition) is 2. The molecule has 1 aliphatic heterocycles. The summed E-state index contributed by atoms with van der Waals surface area (Å²) in [5.74, 6) is 0. The first kappa shape index (κ1) is 10.8. The minimum Gasteiger partial charge on any atom is -0.378 e. The number of aryl methyl sites for hydroxylation is 1. The molecule has 0 spiro atoms. The van der Waals surface area contributed by atoms with Crippen molar-refractivity contribution in [3.05, 3.63) is 23.8 Å². The van der Waals surface area contributed by atoms with Gasteiger partial charge in [0.05, 0.1) is 17.9 Å². The maximum Gasteiger partial charge on any atom is 0.0860 e. The van der Waals surface area contributed by atoms with Crippen molar-refractivity contribution < 1.29 is 0 Å². The van der Waals surface area contributed by atoms with Crippen LogP contribution in [0, 0.1) is 0 Å². The van der Waals surface area contributed by atoms with Crippen molar-refractivity contribution in [1.29, 1.82) is 0 Å². The summed E-state index contributed by atoms with van der Waals surface area (Å²) in [6, 6.07) is 6.38. The Labute approximate surface area is 86.1 Å². The summed E-state index contributed by atoms with van der Waals surface area (Å²) in [4.78, 5) is 4.31. The van der Waals surface area contributed by atoms with Crippen LogP contribution in [-0.2, 0) is 6.42 Å². The number of nitrogens with one attached hydrogen (secondary N) is 1. The third-order valence-electron chi connectivity index (χ3n) is 2.08. The van der Waals surface area contributed by atoms with Gasteiger partial charge in [0.25, 0.3) is 0 Å². The predicted octanol–water partition coefficient (Wildman–Crippen LogP) is 3.40. The minimum absolute atomic E-state index is 0.846. The van der Waals surface area contributed by atoms with Crippen molar-refractivity contribution in [2.75, 3.05) is 11.9 Å². The van der Waals surface area contributed by atoms with Crippen molar-refractivity contribution in [2.24, 2.45) is 4.99 Å². The van der Waals surface area contributed by atoms with Crippen molar-refractivity contribution in [3.8, 4) is 0 Å². The molecule has 2 nitrogen and oxygen atoms in total. The van der Waals surface area contributed by atoms with Gasteiger partial charge in [0.2, 0.25) is 0 Å². The first-order chi connectivity index (χ1) is 6.90. The number of aliphatic imine (C=N–C) groups is 1. The molecule has 2 heteroatoms. The van der Waals surface area contributed by atoms with Gasteiger partial charge in [-0.2, -0.15) is 0 Å². The Balaban J connectivity index is 0.000000461. The monoisotopic (exact) mass is 190 g/mol. The van der Waals surface area contributed by atoms with Crippen LogP contribution in [0.25, 0.3) is 0 Å². The maximum absolute atomic E-state index is 4.31. The summed E-state index contributed by atoms with van der Waals surface area (Å²) in [5.41, 5.74) is 3.56. The molecule has 0 aromatic heterocycles. The van der Waals surface area contributed by atoms with Crippen LogP contribution in [0.1, 0.15) is 26.3 Å². The Morgan fingerprint density at radius 2 is 2.14 bits per heavy atom. The smallest absolute Gasteiger partial charge is 0.0860 e. The lowest BCUT2D eigenvalue weighted by molar-refractivity contribution is 1.14. The van der Waals surface area contributed by atoms with E-state index in [0.29, 0.717) is 0 Å². The lowest BCUT2D eigenvalue weighted by Gasteiger charge is -2.12. The summed E-state index contributed by atoms with van der Waals surface area (Å²) >= 11 is 0. The fraction of sp³-hybridized carbons (Fsp3) is 0.417. The number of benzene rings is 1. The quantitative estimate of drug-likeness (QED) is 0.721. The molecule has 76 valence electrons. The van der Waals surface area contributed by atoms with Gasteiger partial charge in [-0.05, 0) is 24.1 Å². The van der Waals surface area contributed by atoms with Crippen molar-refractivity contribution in [1.82, 2.24) is 0 Å². The molecule has 0 amide bonds. The zero-order valence-electron chi connectivity index (χ0n) is 9.17. The molecule has 2 rings (SSSR count). The zero-order valence-corrected chi connectivity index (χ0v) is 9.17. The molecular weight excluding hydrogens is 172 g/mol. The molecule has 0 unspecified atom stereocenters. The van der Waals surface area contributed by atoms with E-state index in [1.165, 1.54) is 5.56 Å². The van der Waals surface area contributed by atoms with Crippen LogP contribution in [-0.4, -0.2) is 12.8 Å². The Kier molecular flexibility index (Phi) is 4.17. The number of rotatable bonds is 1. The standard InChI is InChI=1S/C10H12N2.C2H6/c1-2-8-3-4-9-10(7-8)12-6-5-11-9;1-2/h3-4,6-7,11H,2,5H2,1H3;1-2H3. The topological polar surface area (TPSA) is 24.4 Å². The highest BCUT2D eigenvalue weighted by atomic mass is 15.0. The van der Waals surface area contributed by atoms with E-state index >= 15 is 0 Å². The molecule has 0 bridgehead atoms. The number of nitrogens with zero attached hydrogens (tertiary/aromatic N) is 1. The molecule has 0 fully saturated rings. The second-order valence-corrected chi connectivity index (χ2v) is 2.90. The van der Waals surface area contributed by atoms with E-state index in [9.17, 15) is 0 Å². The van der Waals surface area contributed by atoms with Crippen LogP contribution in [0.3, 0.4) is 0 Å². The van der Waals surface area contributed by atoms with Crippen LogP contribution >= 0.6 is 0 Å². The van der Waals surface area contributed by atoms with Gasteiger partial charge in [0, 0.05) is 6.21 Å². The van der Waals surface area contributed by atoms with E-state index in [0.717, 1.165) is 24.3 Å². The summed E-state index contributed by atoms with van der Waals surface area (Å²) < 4.78 is 0. The van der Waals surface area contributed by atoms with E-state index < -0.39 is 0 Å². The zero-order chi connectivity index (χ0) is 10.4. The van der Waals surface area contributed by atoms with Crippen molar-refractivity contribution >= 4 is 17.6 Å². The van der Waals surface area contributed by atoms with E-state index in [-0.39, 0.29) is 0 Å². The molecule has 0 aliphatic carbocycles. The fourth-order valence-corrected chi connectivity index (χ4v) is 1.35. The van der Waals surface area contributed by atoms with Crippen LogP contribution in [0.2, 0.25) is 0 Å². The molecule has 1 aliphatic rings. The molecule has 0 saturated carbocycles. The third kappa shape index (κ3) is 2.34. The van der Waals surface area contributed by atoms with Gasteiger partial charge < -0.3 is 5.32 Å². The highest BCUT2D eigenvalue weighted by Gasteiger charge is 2.03. The van der Waals surface area contributed by atoms with E-state index in [1.54, 1.807) is 0 Å². The highest BCUT2D eigenvalue weighted by molar-refractivity contribution is 5.80. The Bertz CT molecular complexity index is 316. The van der Waals surface area contributed by atoms with Gasteiger partial charge in [0.1, 0.15) is 0 Å². The van der Waals surface area contributed by atoms with Crippen LogP contribution in [0.4, 0.5) is 11.4 Å². The fourth-order valence-electron chi connectivity index (χ4n) is 1.35. The second kappa shape index (κ2) is 5.43. The molecule has 14 heavy (non-hydrogen) atoms. The average Bonchev–Trinajstić information content (AvgIpc) is 2.31.